The first-order chi connectivity index (χ1) is 8.00. The lowest BCUT2D eigenvalue weighted by Crippen LogP contribution is -2.48. The lowest BCUT2D eigenvalue weighted by Gasteiger charge is -2.30. The Hall–Kier alpha value is -1.42. The normalized spacial score (nSPS) is 28.3. The highest BCUT2D eigenvalue weighted by Crippen LogP contribution is 2.32. The summed E-state index contributed by atoms with van der Waals surface area (Å²) in [6.45, 7) is 0.891. The molecule has 0 saturated heterocycles. The number of halogens is 3. The van der Waals surface area contributed by atoms with Gasteiger partial charge in [0.05, 0.1) is 0 Å². The first kappa shape index (κ1) is 14.6. The van der Waals surface area contributed by atoms with Gasteiger partial charge < -0.3 is 5.11 Å². The van der Waals surface area contributed by atoms with Crippen molar-refractivity contribution < 1.29 is 35.7 Å². The van der Waals surface area contributed by atoms with Gasteiger partial charge in [0.25, 0.3) is 0 Å². The molecule has 0 radical (unpaired) electrons. The fourth-order valence-corrected chi connectivity index (χ4v) is 1.99. The Bertz CT molecular complexity index is 509. The van der Waals surface area contributed by atoms with E-state index in [9.17, 15) is 26.4 Å². The minimum Gasteiger partial charge on any atom is -0.480 e. The molecular formula is C8H8F3NO5S. The molecule has 6 nitrogen and oxygen atoms in total. The van der Waals surface area contributed by atoms with Gasteiger partial charge in [-0.25, -0.2) is 8.98 Å². The third kappa shape index (κ3) is 2.70. The van der Waals surface area contributed by atoms with Crippen molar-refractivity contribution in [3.63, 3.8) is 0 Å². The average Bonchev–Trinajstić information content (AvgIpc) is 2.14. The summed E-state index contributed by atoms with van der Waals surface area (Å²) in [6.07, 6.45) is 3.03. The molecule has 1 heterocycles. The molecule has 0 bridgehead atoms. The Kier molecular flexibility index (Phi) is 3.54. The van der Waals surface area contributed by atoms with E-state index in [0.717, 1.165) is 25.3 Å². The summed E-state index contributed by atoms with van der Waals surface area (Å²) < 4.78 is 62.2. The second kappa shape index (κ2) is 4.35. The van der Waals surface area contributed by atoms with Crippen molar-refractivity contribution in [2.45, 2.75) is 24.1 Å². The van der Waals surface area contributed by atoms with Crippen LogP contribution in [0.1, 0.15) is 6.92 Å². The molecule has 10 heteroatoms. The van der Waals surface area contributed by atoms with Crippen LogP contribution in [0.4, 0.5) is 13.2 Å². The number of carbonyl (C=O) groups is 1. The van der Waals surface area contributed by atoms with E-state index in [1.165, 1.54) is 0 Å². The number of carboxylic acids is 1. The predicted molar refractivity (Wildman–Crippen MR) is 53.5 cm³/mol. The molecule has 0 aromatic heterocycles. The van der Waals surface area contributed by atoms with E-state index in [-0.39, 0.29) is 0 Å². The van der Waals surface area contributed by atoms with Crippen LogP contribution in [0.15, 0.2) is 17.1 Å². The third-order valence-corrected chi connectivity index (χ3v) is 3.24. The highest BCUT2D eigenvalue weighted by Gasteiger charge is 2.53. The summed E-state index contributed by atoms with van der Waals surface area (Å²) in [6, 6.07) is -1.78. The van der Waals surface area contributed by atoms with Crippen LogP contribution >= 0.6 is 0 Å². The van der Waals surface area contributed by atoms with Crippen molar-refractivity contribution in [2.75, 3.05) is 0 Å². The van der Waals surface area contributed by atoms with E-state index < -0.39 is 33.2 Å². The average molecular weight is 287 g/mol. The molecule has 0 aromatic carbocycles. The summed E-state index contributed by atoms with van der Waals surface area (Å²) in [7, 11) is -5.91. The van der Waals surface area contributed by atoms with E-state index in [0.29, 0.717) is 0 Å². The summed E-state index contributed by atoms with van der Waals surface area (Å²) in [4.78, 5) is 14.2. The second-order valence-corrected chi connectivity index (χ2v) is 5.10. The number of allylic oxidation sites excluding steroid dienone is 1. The summed E-state index contributed by atoms with van der Waals surface area (Å²) in [5.74, 6) is -1.60. The van der Waals surface area contributed by atoms with Gasteiger partial charge in [-0.15, -0.1) is 0 Å². The number of aliphatic imine (C=N–C) groups is 1. The number of carboxylic acid groups (broad SMARTS) is 1. The van der Waals surface area contributed by atoms with Crippen LogP contribution in [0, 0.1) is 0 Å². The molecular weight excluding hydrogens is 279 g/mol. The Morgan fingerprint density at radius 1 is 1.50 bits per heavy atom. The summed E-state index contributed by atoms with van der Waals surface area (Å²) in [5, 5.41) is 8.77. The van der Waals surface area contributed by atoms with Crippen molar-refractivity contribution >= 4 is 22.3 Å². The number of aliphatic carboxylic acids is 1. The molecule has 0 fully saturated rings. The van der Waals surface area contributed by atoms with Crippen LogP contribution in [0.3, 0.4) is 0 Å². The SMILES string of the molecule is CC1(OS(=O)(=O)C(F)(F)F)C=CC=NC1C(=O)O. The molecule has 0 amide bonds. The minimum atomic E-state index is -5.91. The molecule has 1 aliphatic heterocycles. The van der Waals surface area contributed by atoms with Gasteiger partial charge in [0.2, 0.25) is 0 Å². The first-order valence-electron chi connectivity index (χ1n) is 4.45. The quantitative estimate of drug-likeness (QED) is 0.609. The number of hydrogen-bond donors (Lipinski definition) is 1. The van der Waals surface area contributed by atoms with E-state index in [2.05, 4.69) is 9.18 Å². The van der Waals surface area contributed by atoms with Crippen LogP contribution < -0.4 is 0 Å². The van der Waals surface area contributed by atoms with Gasteiger partial charge in [-0.05, 0) is 19.1 Å². The molecule has 1 N–H and O–H groups in total. The van der Waals surface area contributed by atoms with E-state index in [4.69, 9.17) is 5.11 Å². The van der Waals surface area contributed by atoms with Crippen molar-refractivity contribution in [2.24, 2.45) is 4.99 Å². The minimum absolute atomic E-state index is 0.891. The number of alkyl halides is 3. The maximum Gasteiger partial charge on any atom is 0.523 e. The van der Waals surface area contributed by atoms with Gasteiger partial charge in [-0.3, -0.25) is 4.99 Å². The van der Waals surface area contributed by atoms with Crippen LogP contribution in [0.2, 0.25) is 0 Å². The van der Waals surface area contributed by atoms with Crippen molar-refractivity contribution in [3.8, 4) is 0 Å². The smallest absolute Gasteiger partial charge is 0.480 e. The molecule has 1 rings (SSSR count). The predicted octanol–water partition coefficient (Wildman–Crippen LogP) is 0.705. The van der Waals surface area contributed by atoms with Gasteiger partial charge in [-0.2, -0.15) is 21.6 Å². The molecule has 1 aliphatic rings. The summed E-state index contributed by atoms with van der Waals surface area (Å²) in [5.41, 5.74) is -7.86. The van der Waals surface area contributed by atoms with Crippen molar-refractivity contribution in [1.82, 2.24) is 0 Å². The monoisotopic (exact) mass is 287 g/mol. The highest BCUT2D eigenvalue weighted by molar-refractivity contribution is 7.87. The van der Waals surface area contributed by atoms with Crippen LogP contribution in [0.5, 0.6) is 0 Å². The lowest BCUT2D eigenvalue weighted by molar-refractivity contribution is -0.142. The Morgan fingerprint density at radius 3 is 2.50 bits per heavy atom. The second-order valence-electron chi connectivity index (χ2n) is 3.57. The fourth-order valence-electron chi connectivity index (χ4n) is 1.27. The number of hydrogen-bond acceptors (Lipinski definition) is 5. The molecule has 2 atom stereocenters. The molecule has 102 valence electrons. The topological polar surface area (TPSA) is 93.0 Å². The molecule has 18 heavy (non-hydrogen) atoms. The molecule has 2 unspecified atom stereocenters. The van der Waals surface area contributed by atoms with Gasteiger partial charge in [0.1, 0.15) is 5.60 Å². The maximum absolute atomic E-state index is 12.2. The van der Waals surface area contributed by atoms with Gasteiger partial charge in [0, 0.05) is 6.21 Å². The zero-order chi connectivity index (χ0) is 14.2. The first-order valence-corrected chi connectivity index (χ1v) is 5.86. The van der Waals surface area contributed by atoms with Crippen LogP contribution in [0.25, 0.3) is 0 Å². The standard InChI is InChI=1S/C8H8F3NO5S/c1-7(17-18(15,16)8(9,10)11)3-2-4-12-5(7)6(13)14/h2-5H,1H3,(H,13,14). The number of dihydropyridines is 1. The maximum atomic E-state index is 12.2. The molecule has 0 spiro atoms. The summed E-state index contributed by atoms with van der Waals surface area (Å²) >= 11 is 0. The number of nitrogens with zero attached hydrogens (tertiary/aromatic N) is 1. The number of rotatable bonds is 3. The molecule has 0 saturated carbocycles. The van der Waals surface area contributed by atoms with Crippen LogP contribution in [-0.4, -0.2) is 42.9 Å². The van der Waals surface area contributed by atoms with E-state index in [1.54, 1.807) is 0 Å². The van der Waals surface area contributed by atoms with Gasteiger partial charge in [-0.1, -0.05) is 0 Å². The van der Waals surface area contributed by atoms with Crippen LogP contribution in [-0.2, 0) is 19.1 Å². The zero-order valence-electron chi connectivity index (χ0n) is 8.88. The third-order valence-electron chi connectivity index (χ3n) is 2.10. The van der Waals surface area contributed by atoms with Gasteiger partial charge >= 0.3 is 21.6 Å². The molecule has 0 aliphatic carbocycles. The Morgan fingerprint density at radius 2 is 2.06 bits per heavy atom. The Balaban J connectivity index is 3.12. The van der Waals surface area contributed by atoms with Crippen molar-refractivity contribution in [1.29, 1.82) is 0 Å². The van der Waals surface area contributed by atoms with E-state index >= 15 is 0 Å². The van der Waals surface area contributed by atoms with Gasteiger partial charge in [0.15, 0.2) is 6.04 Å². The van der Waals surface area contributed by atoms with E-state index in [1.807, 2.05) is 0 Å². The molecule has 0 aromatic rings. The highest BCUT2D eigenvalue weighted by atomic mass is 32.2. The Labute approximate surface area is 99.9 Å². The fraction of sp³-hybridized carbons (Fsp3) is 0.500. The van der Waals surface area contributed by atoms with Crippen molar-refractivity contribution in [3.05, 3.63) is 12.2 Å². The zero-order valence-corrected chi connectivity index (χ0v) is 9.70. The lowest BCUT2D eigenvalue weighted by atomic mass is 9.95. The largest absolute Gasteiger partial charge is 0.523 e.